The van der Waals surface area contributed by atoms with Gasteiger partial charge in [-0.2, -0.15) is 0 Å². The van der Waals surface area contributed by atoms with Gasteiger partial charge in [-0.15, -0.1) is 0 Å². The number of halogens is 2. The maximum Gasteiger partial charge on any atom is 0.335 e. The normalized spacial score (nSPS) is 10.5. The second-order valence-electron chi connectivity index (χ2n) is 6.67. The van der Waals surface area contributed by atoms with E-state index >= 15 is 0 Å². The molecule has 154 valence electrons. The van der Waals surface area contributed by atoms with Gasteiger partial charge >= 0.3 is 5.97 Å². The Hall–Kier alpha value is -3.38. The van der Waals surface area contributed by atoms with E-state index < -0.39 is 17.7 Å². The first-order valence-corrected chi connectivity index (χ1v) is 9.42. The van der Waals surface area contributed by atoms with Gasteiger partial charge in [0.25, 0.3) is 5.91 Å². The summed E-state index contributed by atoms with van der Waals surface area (Å²) in [7, 11) is 1.51. The molecule has 1 amide bonds. The van der Waals surface area contributed by atoms with Crippen molar-refractivity contribution in [1.82, 2.24) is 5.32 Å². The number of rotatable bonds is 6. The first-order chi connectivity index (χ1) is 14.3. The van der Waals surface area contributed by atoms with Crippen LogP contribution in [0.1, 0.15) is 31.8 Å². The number of carboxylic acid groups (broad SMARTS) is 1. The zero-order chi connectivity index (χ0) is 21.8. The van der Waals surface area contributed by atoms with Crippen LogP contribution in [0.3, 0.4) is 0 Å². The number of aryl methyl sites for hydroxylation is 1. The number of aromatic carboxylic acids is 1. The zero-order valence-corrected chi connectivity index (χ0v) is 17.1. The molecule has 0 bridgehead atoms. The molecule has 0 aliphatic heterocycles. The molecule has 30 heavy (non-hydrogen) atoms. The molecule has 2 N–H and O–H groups in total. The predicted octanol–water partition coefficient (Wildman–Crippen LogP) is 5.09. The van der Waals surface area contributed by atoms with E-state index in [1.165, 1.54) is 19.2 Å². The number of carbonyl (C=O) groups excluding carboxylic acids is 1. The van der Waals surface area contributed by atoms with E-state index in [1.54, 1.807) is 24.3 Å². The second-order valence-corrected chi connectivity index (χ2v) is 7.10. The van der Waals surface area contributed by atoms with Crippen LogP contribution in [0.5, 0.6) is 5.75 Å². The molecule has 0 saturated heterocycles. The fourth-order valence-corrected chi connectivity index (χ4v) is 3.25. The molecule has 0 atom stereocenters. The number of ether oxygens (including phenoxy) is 1. The lowest BCUT2D eigenvalue weighted by Gasteiger charge is -2.14. The molecule has 3 aromatic rings. The lowest BCUT2D eigenvalue weighted by Crippen LogP contribution is -2.24. The molecule has 0 spiro atoms. The summed E-state index contributed by atoms with van der Waals surface area (Å²) in [6.07, 6.45) is 0. The average molecular weight is 428 g/mol. The van der Waals surface area contributed by atoms with Crippen molar-refractivity contribution in [2.24, 2.45) is 0 Å². The highest BCUT2D eigenvalue weighted by Gasteiger charge is 2.14. The average Bonchev–Trinajstić information content (AvgIpc) is 2.72. The van der Waals surface area contributed by atoms with Crippen molar-refractivity contribution < 1.29 is 23.8 Å². The van der Waals surface area contributed by atoms with E-state index in [4.69, 9.17) is 16.3 Å². The van der Waals surface area contributed by atoms with Crippen LogP contribution in [0.2, 0.25) is 5.02 Å². The smallest absolute Gasteiger partial charge is 0.335 e. The van der Waals surface area contributed by atoms with Crippen molar-refractivity contribution in [2.75, 3.05) is 7.11 Å². The van der Waals surface area contributed by atoms with Crippen molar-refractivity contribution in [2.45, 2.75) is 13.5 Å². The summed E-state index contributed by atoms with van der Waals surface area (Å²) < 4.78 is 19.4. The van der Waals surface area contributed by atoms with Gasteiger partial charge in [-0.05, 0) is 66.1 Å². The number of carbonyl (C=O) groups is 2. The molecular formula is C23H19ClFNO4. The highest BCUT2D eigenvalue weighted by molar-refractivity contribution is 6.30. The molecule has 3 aromatic carbocycles. The van der Waals surface area contributed by atoms with Crippen molar-refractivity contribution >= 4 is 23.5 Å². The molecule has 0 heterocycles. The monoisotopic (exact) mass is 427 g/mol. The summed E-state index contributed by atoms with van der Waals surface area (Å²) in [5.74, 6) is -1.76. The Morgan fingerprint density at radius 2 is 1.87 bits per heavy atom. The molecule has 0 fully saturated rings. The van der Waals surface area contributed by atoms with Gasteiger partial charge < -0.3 is 15.2 Å². The van der Waals surface area contributed by atoms with Crippen LogP contribution in [0.4, 0.5) is 4.39 Å². The molecule has 5 nitrogen and oxygen atoms in total. The second kappa shape index (κ2) is 8.97. The van der Waals surface area contributed by atoms with Crippen molar-refractivity contribution in [3.63, 3.8) is 0 Å². The van der Waals surface area contributed by atoms with Crippen LogP contribution in [0, 0.1) is 12.7 Å². The van der Waals surface area contributed by atoms with Crippen LogP contribution in [0.15, 0.2) is 54.6 Å². The van der Waals surface area contributed by atoms with E-state index in [0.29, 0.717) is 11.3 Å². The SMILES string of the molecule is COc1ccc(-c2cc(C(=O)O)ccc2C)cc1CNC(=O)c1ccc(Cl)cc1F. The molecule has 0 aliphatic rings. The minimum absolute atomic E-state index is 0.0928. The van der Waals surface area contributed by atoms with Gasteiger partial charge in [-0.25, -0.2) is 9.18 Å². The van der Waals surface area contributed by atoms with Gasteiger partial charge in [0.15, 0.2) is 0 Å². The fourth-order valence-electron chi connectivity index (χ4n) is 3.09. The van der Waals surface area contributed by atoms with Crippen molar-refractivity contribution in [3.05, 3.63) is 87.7 Å². The Morgan fingerprint density at radius 1 is 1.10 bits per heavy atom. The largest absolute Gasteiger partial charge is 0.496 e. The quantitative estimate of drug-likeness (QED) is 0.574. The van der Waals surface area contributed by atoms with E-state index in [9.17, 15) is 19.1 Å². The van der Waals surface area contributed by atoms with Gasteiger partial charge in [-0.3, -0.25) is 4.79 Å². The number of amides is 1. The van der Waals surface area contributed by atoms with Gasteiger partial charge in [0.1, 0.15) is 11.6 Å². The first-order valence-electron chi connectivity index (χ1n) is 9.04. The van der Waals surface area contributed by atoms with Crippen LogP contribution in [-0.2, 0) is 6.54 Å². The summed E-state index contributed by atoms with van der Waals surface area (Å²) in [6, 6.07) is 14.1. The number of hydrogen-bond donors (Lipinski definition) is 2. The summed E-state index contributed by atoms with van der Waals surface area (Å²) in [5, 5.41) is 12.2. The Balaban J connectivity index is 1.89. The van der Waals surface area contributed by atoms with E-state index in [0.717, 1.165) is 22.8 Å². The Morgan fingerprint density at radius 3 is 2.53 bits per heavy atom. The maximum absolute atomic E-state index is 14.0. The molecule has 0 unspecified atom stereocenters. The van der Waals surface area contributed by atoms with E-state index in [-0.39, 0.29) is 22.7 Å². The number of benzene rings is 3. The minimum atomic E-state index is -1.01. The van der Waals surface area contributed by atoms with Crippen LogP contribution < -0.4 is 10.1 Å². The molecule has 7 heteroatoms. The molecule has 0 aliphatic carbocycles. The van der Waals surface area contributed by atoms with Crippen LogP contribution >= 0.6 is 11.6 Å². The Kier molecular flexibility index (Phi) is 6.37. The summed E-state index contributed by atoms with van der Waals surface area (Å²) >= 11 is 5.73. The minimum Gasteiger partial charge on any atom is -0.496 e. The Bertz CT molecular complexity index is 1130. The maximum atomic E-state index is 14.0. The highest BCUT2D eigenvalue weighted by Crippen LogP contribution is 2.30. The standard InChI is InChI=1S/C23H19ClFNO4/c1-13-3-4-15(23(28)29)10-19(13)14-5-8-21(30-2)16(9-14)12-26-22(27)18-7-6-17(24)11-20(18)25/h3-11H,12H2,1-2H3,(H,26,27)(H,28,29). The topological polar surface area (TPSA) is 75.6 Å². The summed E-state index contributed by atoms with van der Waals surface area (Å²) in [4.78, 5) is 23.7. The lowest BCUT2D eigenvalue weighted by atomic mass is 9.96. The molecule has 0 aromatic heterocycles. The number of methoxy groups -OCH3 is 1. The number of carboxylic acids is 1. The van der Waals surface area contributed by atoms with Gasteiger partial charge in [0, 0.05) is 17.1 Å². The van der Waals surface area contributed by atoms with Crippen LogP contribution in [-0.4, -0.2) is 24.1 Å². The molecular weight excluding hydrogens is 409 g/mol. The van der Waals surface area contributed by atoms with Crippen molar-refractivity contribution in [1.29, 1.82) is 0 Å². The van der Waals surface area contributed by atoms with E-state index in [2.05, 4.69) is 5.32 Å². The fraction of sp³-hybridized carbons (Fsp3) is 0.130. The highest BCUT2D eigenvalue weighted by atomic mass is 35.5. The van der Waals surface area contributed by atoms with Gasteiger partial charge in [0.05, 0.1) is 18.2 Å². The third-order valence-electron chi connectivity index (χ3n) is 4.69. The predicted molar refractivity (Wildman–Crippen MR) is 113 cm³/mol. The molecule has 0 saturated carbocycles. The van der Waals surface area contributed by atoms with Crippen LogP contribution in [0.25, 0.3) is 11.1 Å². The van der Waals surface area contributed by atoms with Gasteiger partial charge in [0.2, 0.25) is 0 Å². The Labute approximate surface area is 178 Å². The summed E-state index contributed by atoms with van der Waals surface area (Å²) in [5.41, 5.74) is 3.17. The molecule has 0 radical (unpaired) electrons. The van der Waals surface area contributed by atoms with Crippen molar-refractivity contribution in [3.8, 4) is 16.9 Å². The van der Waals surface area contributed by atoms with Gasteiger partial charge in [-0.1, -0.05) is 23.7 Å². The lowest BCUT2D eigenvalue weighted by molar-refractivity contribution is 0.0696. The zero-order valence-electron chi connectivity index (χ0n) is 16.3. The third kappa shape index (κ3) is 4.60. The number of nitrogens with one attached hydrogen (secondary N) is 1. The molecule has 3 rings (SSSR count). The van der Waals surface area contributed by atoms with E-state index in [1.807, 2.05) is 19.1 Å². The first kappa shape index (κ1) is 21.3. The summed E-state index contributed by atoms with van der Waals surface area (Å²) in [6.45, 7) is 1.98. The number of hydrogen-bond acceptors (Lipinski definition) is 3. The third-order valence-corrected chi connectivity index (χ3v) is 4.93.